The first-order valence-electron chi connectivity index (χ1n) is 5.64. The SMILES string of the molecule is CC(C(=O)NCc1ncn[nH]1)c1cccc(N)c1. The van der Waals surface area contributed by atoms with Gasteiger partial charge in [0.1, 0.15) is 12.2 Å². The molecule has 0 radical (unpaired) electrons. The lowest BCUT2D eigenvalue weighted by atomic mass is 10.00. The summed E-state index contributed by atoms with van der Waals surface area (Å²) in [5.41, 5.74) is 7.24. The van der Waals surface area contributed by atoms with Crippen LogP contribution in [0.25, 0.3) is 0 Å². The van der Waals surface area contributed by atoms with Crippen LogP contribution < -0.4 is 11.1 Å². The number of amides is 1. The van der Waals surface area contributed by atoms with Crippen molar-refractivity contribution in [3.8, 4) is 0 Å². The molecule has 0 aliphatic carbocycles. The van der Waals surface area contributed by atoms with Crippen LogP contribution in [0.5, 0.6) is 0 Å². The molecule has 0 spiro atoms. The molecule has 0 aliphatic rings. The van der Waals surface area contributed by atoms with E-state index >= 15 is 0 Å². The molecule has 0 aliphatic heterocycles. The Morgan fingerprint density at radius 1 is 1.56 bits per heavy atom. The van der Waals surface area contributed by atoms with Gasteiger partial charge in [-0.25, -0.2) is 4.98 Å². The summed E-state index contributed by atoms with van der Waals surface area (Å²) in [4.78, 5) is 15.9. The van der Waals surface area contributed by atoms with E-state index in [1.807, 2.05) is 19.1 Å². The van der Waals surface area contributed by atoms with E-state index in [-0.39, 0.29) is 11.8 Å². The number of nitrogens with zero attached hydrogens (tertiary/aromatic N) is 2. The molecule has 94 valence electrons. The molecule has 6 nitrogen and oxygen atoms in total. The highest BCUT2D eigenvalue weighted by molar-refractivity contribution is 5.83. The Labute approximate surface area is 105 Å². The third kappa shape index (κ3) is 2.85. The number of hydrogen-bond acceptors (Lipinski definition) is 4. The zero-order valence-electron chi connectivity index (χ0n) is 10.1. The minimum Gasteiger partial charge on any atom is -0.399 e. The number of aromatic nitrogens is 3. The largest absolute Gasteiger partial charge is 0.399 e. The summed E-state index contributed by atoms with van der Waals surface area (Å²) in [5.74, 6) is 0.302. The van der Waals surface area contributed by atoms with Gasteiger partial charge in [-0.2, -0.15) is 5.10 Å². The average molecular weight is 245 g/mol. The van der Waals surface area contributed by atoms with Gasteiger partial charge in [-0.15, -0.1) is 0 Å². The maximum absolute atomic E-state index is 11.9. The van der Waals surface area contributed by atoms with Gasteiger partial charge in [0.15, 0.2) is 0 Å². The van der Waals surface area contributed by atoms with Crippen LogP contribution in [0.4, 0.5) is 5.69 Å². The number of H-pyrrole nitrogens is 1. The Morgan fingerprint density at radius 3 is 3.06 bits per heavy atom. The van der Waals surface area contributed by atoms with Crippen LogP contribution in [0.3, 0.4) is 0 Å². The monoisotopic (exact) mass is 245 g/mol. The number of nitrogen functional groups attached to an aromatic ring is 1. The van der Waals surface area contributed by atoms with Crippen molar-refractivity contribution in [2.45, 2.75) is 19.4 Å². The molecule has 0 saturated heterocycles. The molecule has 2 aromatic rings. The number of carbonyl (C=O) groups is 1. The van der Waals surface area contributed by atoms with E-state index in [0.717, 1.165) is 5.56 Å². The molecule has 0 bridgehead atoms. The van der Waals surface area contributed by atoms with E-state index in [2.05, 4.69) is 20.5 Å². The minimum absolute atomic E-state index is 0.0722. The van der Waals surface area contributed by atoms with E-state index in [1.165, 1.54) is 6.33 Å². The van der Waals surface area contributed by atoms with Crippen LogP contribution >= 0.6 is 0 Å². The lowest BCUT2D eigenvalue weighted by molar-refractivity contribution is -0.122. The molecule has 2 rings (SSSR count). The number of benzene rings is 1. The molecule has 1 amide bonds. The van der Waals surface area contributed by atoms with Crippen molar-refractivity contribution in [2.24, 2.45) is 0 Å². The van der Waals surface area contributed by atoms with E-state index < -0.39 is 0 Å². The van der Waals surface area contributed by atoms with Gasteiger partial charge in [-0.3, -0.25) is 9.89 Å². The van der Waals surface area contributed by atoms with Crippen LogP contribution in [0.15, 0.2) is 30.6 Å². The fourth-order valence-electron chi connectivity index (χ4n) is 1.62. The van der Waals surface area contributed by atoms with E-state index in [9.17, 15) is 4.79 Å². The predicted molar refractivity (Wildman–Crippen MR) is 67.5 cm³/mol. The fraction of sp³-hybridized carbons (Fsp3) is 0.250. The van der Waals surface area contributed by atoms with Crippen molar-refractivity contribution in [3.05, 3.63) is 42.0 Å². The van der Waals surface area contributed by atoms with Crippen molar-refractivity contribution in [2.75, 3.05) is 5.73 Å². The van der Waals surface area contributed by atoms with Crippen molar-refractivity contribution in [3.63, 3.8) is 0 Å². The maximum atomic E-state index is 11.9. The molecule has 1 heterocycles. The molecule has 0 fully saturated rings. The van der Waals surface area contributed by atoms with E-state index in [0.29, 0.717) is 18.1 Å². The van der Waals surface area contributed by atoms with Crippen LogP contribution in [-0.2, 0) is 11.3 Å². The Morgan fingerprint density at radius 2 is 2.39 bits per heavy atom. The molecule has 0 saturated carbocycles. The molecular formula is C12H15N5O. The zero-order valence-corrected chi connectivity index (χ0v) is 10.1. The van der Waals surface area contributed by atoms with Crippen molar-refractivity contribution < 1.29 is 4.79 Å². The second-order valence-corrected chi connectivity index (χ2v) is 4.04. The number of nitrogens with one attached hydrogen (secondary N) is 2. The third-order valence-electron chi connectivity index (χ3n) is 2.70. The zero-order chi connectivity index (χ0) is 13.0. The lowest BCUT2D eigenvalue weighted by Gasteiger charge is -2.12. The standard InChI is InChI=1S/C12H15N5O/c1-8(9-3-2-4-10(13)5-9)12(18)14-6-11-15-7-16-17-11/h2-5,7-8H,6,13H2,1H3,(H,14,18)(H,15,16,17). The van der Waals surface area contributed by atoms with Crippen LogP contribution in [0, 0.1) is 0 Å². The van der Waals surface area contributed by atoms with Gasteiger partial charge in [0.2, 0.25) is 5.91 Å². The first-order chi connectivity index (χ1) is 8.66. The molecule has 4 N–H and O–H groups in total. The highest BCUT2D eigenvalue weighted by atomic mass is 16.1. The van der Waals surface area contributed by atoms with Gasteiger partial charge >= 0.3 is 0 Å². The molecular weight excluding hydrogens is 230 g/mol. The van der Waals surface area contributed by atoms with Crippen LogP contribution in [0.1, 0.15) is 24.2 Å². The average Bonchev–Trinajstić information content (AvgIpc) is 2.88. The third-order valence-corrected chi connectivity index (χ3v) is 2.70. The molecule has 6 heteroatoms. The minimum atomic E-state index is -0.253. The summed E-state index contributed by atoms with van der Waals surface area (Å²) in [6, 6.07) is 7.32. The smallest absolute Gasteiger partial charge is 0.227 e. The fourth-order valence-corrected chi connectivity index (χ4v) is 1.62. The van der Waals surface area contributed by atoms with E-state index in [4.69, 9.17) is 5.73 Å². The highest BCUT2D eigenvalue weighted by Gasteiger charge is 2.15. The maximum Gasteiger partial charge on any atom is 0.227 e. The van der Waals surface area contributed by atoms with Crippen LogP contribution in [0.2, 0.25) is 0 Å². The number of nitrogens with two attached hydrogens (primary N) is 1. The van der Waals surface area contributed by atoms with Gasteiger partial charge < -0.3 is 11.1 Å². The topological polar surface area (TPSA) is 96.7 Å². The number of carbonyl (C=O) groups excluding carboxylic acids is 1. The van der Waals surface area contributed by atoms with Gasteiger partial charge in [0, 0.05) is 5.69 Å². The summed E-state index contributed by atoms with van der Waals surface area (Å²) >= 11 is 0. The van der Waals surface area contributed by atoms with Gasteiger partial charge in [0.25, 0.3) is 0 Å². The molecule has 18 heavy (non-hydrogen) atoms. The quantitative estimate of drug-likeness (QED) is 0.694. The normalized spacial score (nSPS) is 12.1. The highest BCUT2D eigenvalue weighted by Crippen LogP contribution is 2.17. The molecule has 1 atom stereocenters. The summed E-state index contributed by atoms with van der Waals surface area (Å²) in [7, 11) is 0. The summed E-state index contributed by atoms with van der Waals surface area (Å²) in [6.07, 6.45) is 1.41. The van der Waals surface area contributed by atoms with E-state index in [1.54, 1.807) is 12.1 Å². The second kappa shape index (κ2) is 5.31. The predicted octanol–water partition coefficient (Wildman–Crippen LogP) is 0.807. The molecule has 1 aromatic carbocycles. The Balaban J connectivity index is 1.96. The molecule has 1 unspecified atom stereocenters. The Bertz CT molecular complexity index is 523. The van der Waals surface area contributed by atoms with Crippen molar-refractivity contribution in [1.29, 1.82) is 0 Å². The summed E-state index contributed by atoms with van der Waals surface area (Å²) < 4.78 is 0. The van der Waals surface area contributed by atoms with Crippen molar-refractivity contribution >= 4 is 11.6 Å². The summed E-state index contributed by atoms with van der Waals surface area (Å²) in [6.45, 7) is 2.18. The van der Waals surface area contributed by atoms with Crippen LogP contribution in [-0.4, -0.2) is 21.1 Å². The van der Waals surface area contributed by atoms with Gasteiger partial charge in [0.05, 0.1) is 12.5 Å². The summed E-state index contributed by atoms with van der Waals surface area (Å²) in [5, 5.41) is 9.18. The number of hydrogen-bond donors (Lipinski definition) is 3. The van der Waals surface area contributed by atoms with Gasteiger partial charge in [-0.05, 0) is 24.6 Å². The number of anilines is 1. The number of aromatic amines is 1. The molecule has 1 aromatic heterocycles. The number of rotatable bonds is 4. The first kappa shape index (κ1) is 12.1. The Kier molecular flexibility index (Phi) is 3.57. The second-order valence-electron chi connectivity index (χ2n) is 4.04. The lowest BCUT2D eigenvalue weighted by Crippen LogP contribution is -2.28. The Hall–Kier alpha value is -2.37. The van der Waals surface area contributed by atoms with Gasteiger partial charge in [-0.1, -0.05) is 12.1 Å². The van der Waals surface area contributed by atoms with Crippen molar-refractivity contribution in [1.82, 2.24) is 20.5 Å². The first-order valence-corrected chi connectivity index (χ1v) is 5.64.